The SMILES string of the molecule is Nc1nc(C(F)F)cc(I)c1S(N)(=O)=O. The van der Waals surface area contributed by atoms with Crippen LogP contribution in [0.3, 0.4) is 0 Å². The molecule has 4 N–H and O–H groups in total. The van der Waals surface area contributed by atoms with Gasteiger partial charge in [0.2, 0.25) is 10.0 Å². The highest BCUT2D eigenvalue weighted by atomic mass is 127. The number of anilines is 1. The van der Waals surface area contributed by atoms with Gasteiger partial charge in [0.15, 0.2) is 0 Å². The molecule has 1 aromatic heterocycles. The lowest BCUT2D eigenvalue weighted by molar-refractivity contribution is 0.146. The first-order valence-electron chi connectivity index (χ1n) is 3.50. The highest BCUT2D eigenvalue weighted by molar-refractivity contribution is 14.1. The maximum atomic E-state index is 12.3. The second-order valence-corrected chi connectivity index (χ2v) is 5.25. The molecule has 0 saturated carbocycles. The number of hydrogen-bond donors (Lipinski definition) is 2. The lowest BCUT2D eigenvalue weighted by Crippen LogP contribution is -2.17. The molecule has 15 heavy (non-hydrogen) atoms. The predicted octanol–water partition coefficient (Wildman–Crippen LogP) is 0.853. The van der Waals surface area contributed by atoms with Crippen molar-refractivity contribution in [1.29, 1.82) is 0 Å². The summed E-state index contributed by atoms with van der Waals surface area (Å²) in [4.78, 5) is 2.84. The second kappa shape index (κ2) is 4.14. The Morgan fingerprint density at radius 3 is 2.33 bits per heavy atom. The largest absolute Gasteiger partial charge is 0.383 e. The van der Waals surface area contributed by atoms with E-state index in [1.165, 1.54) is 0 Å². The molecule has 0 aliphatic rings. The molecule has 1 heterocycles. The topological polar surface area (TPSA) is 99.1 Å². The molecule has 0 aromatic carbocycles. The van der Waals surface area contributed by atoms with Gasteiger partial charge in [-0.1, -0.05) is 0 Å². The molecule has 9 heteroatoms. The number of nitrogens with zero attached hydrogens (tertiary/aromatic N) is 1. The number of sulfonamides is 1. The molecule has 0 fully saturated rings. The summed E-state index contributed by atoms with van der Waals surface area (Å²) in [5, 5.41) is 4.84. The van der Waals surface area contributed by atoms with E-state index in [1.807, 2.05) is 0 Å². The van der Waals surface area contributed by atoms with Gasteiger partial charge in [0, 0.05) is 3.57 Å². The summed E-state index contributed by atoms with van der Waals surface area (Å²) in [6.45, 7) is 0. The van der Waals surface area contributed by atoms with Gasteiger partial charge in [-0.15, -0.1) is 0 Å². The van der Waals surface area contributed by atoms with Gasteiger partial charge in [-0.3, -0.25) is 0 Å². The molecule has 0 unspecified atom stereocenters. The molecule has 0 amide bonds. The summed E-state index contributed by atoms with van der Waals surface area (Å²) >= 11 is 1.56. The minimum Gasteiger partial charge on any atom is -0.383 e. The van der Waals surface area contributed by atoms with Crippen LogP contribution in [0.25, 0.3) is 0 Å². The Hall–Kier alpha value is -0.550. The molecule has 0 spiro atoms. The summed E-state index contributed by atoms with van der Waals surface area (Å²) in [7, 11) is -4.05. The van der Waals surface area contributed by atoms with E-state index in [0.717, 1.165) is 6.07 Å². The van der Waals surface area contributed by atoms with Crippen molar-refractivity contribution in [3.8, 4) is 0 Å². The quantitative estimate of drug-likeness (QED) is 0.774. The number of nitrogen functional groups attached to an aromatic ring is 1. The van der Waals surface area contributed by atoms with Crippen molar-refractivity contribution in [2.24, 2.45) is 5.14 Å². The summed E-state index contributed by atoms with van der Waals surface area (Å²) in [5.74, 6) is -0.514. The Bertz CT molecular complexity index is 468. The molecule has 84 valence electrons. The van der Waals surface area contributed by atoms with Crippen LogP contribution in [0.5, 0.6) is 0 Å². The minimum atomic E-state index is -4.05. The Morgan fingerprint density at radius 2 is 2.00 bits per heavy atom. The minimum absolute atomic E-state index is 0.0258. The maximum Gasteiger partial charge on any atom is 0.280 e. The van der Waals surface area contributed by atoms with Crippen LogP contribution >= 0.6 is 22.6 Å². The van der Waals surface area contributed by atoms with Gasteiger partial charge in [-0.2, -0.15) is 0 Å². The van der Waals surface area contributed by atoms with E-state index in [9.17, 15) is 17.2 Å². The van der Waals surface area contributed by atoms with Crippen molar-refractivity contribution in [2.45, 2.75) is 11.3 Å². The molecule has 0 atom stereocenters. The van der Waals surface area contributed by atoms with Crippen molar-refractivity contribution in [3.63, 3.8) is 0 Å². The first-order chi connectivity index (χ1) is 6.73. The van der Waals surface area contributed by atoms with Crippen LogP contribution in [-0.4, -0.2) is 13.4 Å². The first-order valence-corrected chi connectivity index (χ1v) is 6.13. The summed E-state index contributed by atoms with van der Waals surface area (Å²) in [5.41, 5.74) is 4.66. The first kappa shape index (κ1) is 12.5. The van der Waals surface area contributed by atoms with Crippen molar-refractivity contribution >= 4 is 38.4 Å². The zero-order valence-electron chi connectivity index (χ0n) is 7.12. The lowest BCUT2D eigenvalue weighted by Gasteiger charge is -2.07. The van der Waals surface area contributed by atoms with Gasteiger partial charge in [0.1, 0.15) is 16.4 Å². The van der Waals surface area contributed by atoms with Gasteiger partial charge >= 0.3 is 0 Å². The number of hydrogen-bond acceptors (Lipinski definition) is 4. The Labute approximate surface area is 98.0 Å². The van der Waals surface area contributed by atoms with Crippen LogP contribution in [0.4, 0.5) is 14.6 Å². The van der Waals surface area contributed by atoms with Gasteiger partial charge in [0.05, 0.1) is 0 Å². The molecule has 0 radical (unpaired) electrons. The number of primary sulfonamides is 1. The Kier molecular flexibility index (Phi) is 3.45. The number of aromatic nitrogens is 1. The molecular formula is C6H6F2IN3O2S. The number of rotatable bonds is 2. The number of alkyl halides is 2. The van der Waals surface area contributed by atoms with Crippen LogP contribution < -0.4 is 10.9 Å². The lowest BCUT2D eigenvalue weighted by atomic mass is 10.3. The molecule has 1 rings (SSSR count). The standard InChI is InChI=1S/C6H6F2IN3O2S/c7-5(8)3-1-2(9)4(6(10)12-3)15(11,13)14/h1,5H,(H2,10,12)(H2,11,13,14). The smallest absolute Gasteiger partial charge is 0.280 e. The van der Waals surface area contributed by atoms with E-state index >= 15 is 0 Å². The van der Waals surface area contributed by atoms with E-state index in [2.05, 4.69) is 4.98 Å². The predicted molar refractivity (Wildman–Crippen MR) is 57.7 cm³/mol. The van der Waals surface area contributed by atoms with Crippen molar-refractivity contribution in [3.05, 3.63) is 15.3 Å². The number of pyridine rings is 1. The Morgan fingerprint density at radius 1 is 1.47 bits per heavy atom. The third-order valence-corrected chi connectivity index (χ3v) is 3.70. The van der Waals surface area contributed by atoms with Crippen LogP contribution in [0, 0.1) is 3.57 Å². The van der Waals surface area contributed by atoms with Crippen LogP contribution in [0.1, 0.15) is 12.1 Å². The highest BCUT2D eigenvalue weighted by Gasteiger charge is 2.21. The van der Waals surface area contributed by atoms with E-state index in [4.69, 9.17) is 10.9 Å². The van der Waals surface area contributed by atoms with Gasteiger partial charge in [-0.25, -0.2) is 27.3 Å². The average Bonchev–Trinajstić information content (AvgIpc) is 1.99. The molecule has 0 aliphatic heterocycles. The van der Waals surface area contributed by atoms with Gasteiger partial charge in [0.25, 0.3) is 6.43 Å². The van der Waals surface area contributed by atoms with E-state index < -0.39 is 32.9 Å². The van der Waals surface area contributed by atoms with Crippen LogP contribution in [0.15, 0.2) is 11.0 Å². The van der Waals surface area contributed by atoms with Gasteiger partial charge in [-0.05, 0) is 28.7 Å². The summed E-state index contributed by atoms with van der Waals surface area (Å²) in [6.07, 6.45) is -2.81. The molecule has 1 aromatic rings. The van der Waals surface area contributed by atoms with Crippen LogP contribution in [-0.2, 0) is 10.0 Å². The number of halogens is 3. The fourth-order valence-electron chi connectivity index (χ4n) is 0.933. The average molecular weight is 349 g/mol. The van der Waals surface area contributed by atoms with Crippen molar-refractivity contribution in [1.82, 2.24) is 4.98 Å². The fraction of sp³-hybridized carbons (Fsp3) is 0.167. The third kappa shape index (κ3) is 2.72. The molecule has 0 aliphatic carbocycles. The molecular weight excluding hydrogens is 343 g/mol. The third-order valence-electron chi connectivity index (χ3n) is 1.48. The zero-order chi connectivity index (χ0) is 11.8. The number of nitrogens with two attached hydrogens (primary N) is 2. The van der Waals surface area contributed by atoms with Crippen molar-refractivity contribution in [2.75, 3.05) is 5.73 Å². The van der Waals surface area contributed by atoms with E-state index in [0.29, 0.717) is 0 Å². The van der Waals surface area contributed by atoms with E-state index in [-0.39, 0.29) is 3.57 Å². The summed E-state index contributed by atoms with van der Waals surface area (Å²) < 4.78 is 46.6. The Balaban J connectivity index is 3.48. The monoisotopic (exact) mass is 349 g/mol. The van der Waals surface area contributed by atoms with Crippen LogP contribution in [0.2, 0.25) is 0 Å². The second-order valence-electron chi connectivity index (χ2n) is 2.59. The molecule has 0 bridgehead atoms. The van der Waals surface area contributed by atoms with Gasteiger partial charge < -0.3 is 5.73 Å². The fourth-order valence-corrected chi connectivity index (χ4v) is 3.12. The molecule has 5 nitrogen and oxygen atoms in total. The maximum absolute atomic E-state index is 12.3. The summed E-state index contributed by atoms with van der Waals surface area (Å²) in [6, 6.07) is 0.932. The molecule has 0 saturated heterocycles. The normalized spacial score (nSPS) is 12.1. The van der Waals surface area contributed by atoms with E-state index in [1.54, 1.807) is 22.6 Å². The highest BCUT2D eigenvalue weighted by Crippen LogP contribution is 2.26. The zero-order valence-corrected chi connectivity index (χ0v) is 10.1. The van der Waals surface area contributed by atoms with Crippen molar-refractivity contribution < 1.29 is 17.2 Å².